The number of carbonyl (C=O) groups excluding carboxylic acids is 2. The second-order valence-electron chi connectivity index (χ2n) is 6.42. The average Bonchev–Trinajstić information content (AvgIpc) is 2.78. The molecular formula is C23H27N3O4. The topological polar surface area (TPSA) is 80.8 Å². The molecule has 0 aliphatic heterocycles. The fraction of sp³-hybridized carbons (Fsp3) is 0.261. The molecule has 2 amide bonds. The molecule has 1 N–H and O–H groups in total. The molecule has 0 aliphatic carbocycles. The lowest BCUT2D eigenvalue weighted by molar-refractivity contribution is -0.170. The van der Waals surface area contributed by atoms with Crippen LogP contribution in [0.4, 0.5) is 0 Å². The van der Waals surface area contributed by atoms with Crippen LogP contribution in [0.3, 0.4) is 0 Å². The maximum atomic E-state index is 13.0. The lowest BCUT2D eigenvalue weighted by atomic mass is 10.0. The highest BCUT2D eigenvalue weighted by Crippen LogP contribution is 2.25. The summed E-state index contributed by atoms with van der Waals surface area (Å²) in [4.78, 5) is 34.8. The monoisotopic (exact) mass is 409 g/mol. The van der Waals surface area contributed by atoms with Crippen molar-refractivity contribution in [2.24, 2.45) is 0 Å². The first-order valence-electron chi connectivity index (χ1n) is 9.54. The maximum absolute atomic E-state index is 13.0. The molecule has 2 aromatic rings. The van der Waals surface area contributed by atoms with E-state index < -0.39 is 11.9 Å². The predicted octanol–water partition coefficient (Wildman–Crippen LogP) is 3.40. The van der Waals surface area contributed by atoms with Gasteiger partial charge in [0.2, 0.25) is 0 Å². The number of nitrogens with one attached hydrogen (secondary N) is 1. The lowest BCUT2D eigenvalue weighted by Crippen LogP contribution is -2.46. The van der Waals surface area contributed by atoms with Crippen LogP contribution in [0.2, 0.25) is 0 Å². The molecule has 7 nitrogen and oxygen atoms in total. The standard InChI is InChI=1S/C23H27N3O4/c1-5-7-15-30-18-12-8-11-17(16-18)21-19(13-9-14-24-21)22(27)25-20(10-6-2)23(28)26(3)29-4/h5-6,8-9,11-14,16,20H,1-2,7,10,15H2,3-4H3,(H,25,27)/t20-/m0/s1. The molecule has 0 saturated heterocycles. The summed E-state index contributed by atoms with van der Waals surface area (Å²) in [5, 5.41) is 3.82. The zero-order chi connectivity index (χ0) is 21.9. The fourth-order valence-electron chi connectivity index (χ4n) is 2.75. The Labute approximate surface area is 177 Å². The molecule has 2 rings (SSSR count). The first-order chi connectivity index (χ1) is 14.5. The number of aromatic nitrogens is 1. The van der Waals surface area contributed by atoms with Crippen LogP contribution in [-0.4, -0.2) is 48.7 Å². The molecule has 0 saturated carbocycles. The van der Waals surface area contributed by atoms with Crippen molar-refractivity contribution in [2.75, 3.05) is 20.8 Å². The molecule has 0 radical (unpaired) electrons. The van der Waals surface area contributed by atoms with Crippen molar-refractivity contribution >= 4 is 11.8 Å². The van der Waals surface area contributed by atoms with E-state index in [-0.39, 0.29) is 12.3 Å². The predicted molar refractivity (Wildman–Crippen MR) is 116 cm³/mol. The van der Waals surface area contributed by atoms with E-state index in [1.54, 1.807) is 30.5 Å². The quantitative estimate of drug-likeness (QED) is 0.350. The van der Waals surface area contributed by atoms with Crippen LogP contribution >= 0.6 is 0 Å². The van der Waals surface area contributed by atoms with Gasteiger partial charge < -0.3 is 10.1 Å². The number of rotatable bonds is 11. The second-order valence-corrected chi connectivity index (χ2v) is 6.42. The van der Waals surface area contributed by atoms with Crippen molar-refractivity contribution in [1.29, 1.82) is 0 Å². The van der Waals surface area contributed by atoms with Gasteiger partial charge in [-0.2, -0.15) is 0 Å². The van der Waals surface area contributed by atoms with E-state index in [1.807, 2.05) is 24.3 Å². The molecule has 0 fully saturated rings. The van der Waals surface area contributed by atoms with E-state index in [2.05, 4.69) is 23.5 Å². The van der Waals surface area contributed by atoms with Crippen LogP contribution in [0.25, 0.3) is 11.3 Å². The summed E-state index contributed by atoms with van der Waals surface area (Å²) in [6.07, 6.45) is 5.96. The summed E-state index contributed by atoms with van der Waals surface area (Å²) in [6, 6.07) is 9.90. The van der Waals surface area contributed by atoms with Gasteiger partial charge in [-0.25, -0.2) is 5.06 Å². The second kappa shape index (κ2) is 11.5. The number of carbonyl (C=O) groups is 2. The molecule has 7 heteroatoms. The van der Waals surface area contributed by atoms with E-state index in [9.17, 15) is 9.59 Å². The number of ether oxygens (including phenoxy) is 1. The number of hydroxylamine groups is 2. The van der Waals surface area contributed by atoms with E-state index in [1.165, 1.54) is 14.2 Å². The maximum Gasteiger partial charge on any atom is 0.268 e. The van der Waals surface area contributed by atoms with Gasteiger partial charge in [-0.15, -0.1) is 13.2 Å². The summed E-state index contributed by atoms with van der Waals surface area (Å²) in [6.45, 7) is 7.85. The van der Waals surface area contributed by atoms with Crippen molar-refractivity contribution < 1.29 is 19.2 Å². The first-order valence-corrected chi connectivity index (χ1v) is 9.54. The highest BCUT2D eigenvalue weighted by molar-refractivity contribution is 6.02. The lowest BCUT2D eigenvalue weighted by Gasteiger charge is -2.22. The Morgan fingerprint density at radius 3 is 2.73 bits per heavy atom. The van der Waals surface area contributed by atoms with Crippen molar-refractivity contribution in [2.45, 2.75) is 18.9 Å². The minimum absolute atomic E-state index is 0.264. The molecule has 1 aromatic carbocycles. The number of amides is 2. The minimum Gasteiger partial charge on any atom is -0.493 e. The van der Waals surface area contributed by atoms with E-state index in [0.717, 1.165) is 17.0 Å². The van der Waals surface area contributed by atoms with Crippen LogP contribution in [0.5, 0.6) is 5.75 Å². The fourth-order valence-corrected chi connectivity index (χ4v) is 2.75. The third kappa shape index (κ3) is 6.02. The SMILES string of the molecule is C=CCCOc1cccc(-c2ncccc2C(=O)N[C@@H](CC=C)C(=O)N(C)OC)c1. The van der Waals surface area contributed by atoms with Gasteiger partial charge in [-0.1, -0.05) is 24.3 Å². The minimum atomic E-state index is -0.804. The molecule has 0 spiro atoms. The normalized spacial score (nSPS) is 11.3. The molecule has 0 aliphatic rings. The summed E-state index contributed by atoms with van der Waals surface area (Å²) >= 11 is 0. The van der Waals surface area contributed by atoms with Crippen LogP contribution in [0, 0.1) is 0 Å². The molecular weight excluding hydrogens is 382 g/mol. The Morgan fingerprint density at radius 2 is 2.03 bits per heavy atom. The van der Waals surface area contributed by atoms with Crippen molar-refractivity contribution in [3.8, 4) is 17.0 Å². The largest absolute Gasteiger partial charge is 0.493 e. The Balaban J connectivity index is 2.28. The summed E-state index contributed by atoms with van der Waals surface area (Å²) in [7, 11) is 2.87. The van der Waals surface area contributed by atoms with Gasteiger partial charge in [0, 0.05) is 18.8 Å². The molecule has 0 bridgehead atoms. The number of hydrogen-bond donors (Lipinski definition) is 1. The summed E-state index contributed by atoms with van der Waals surface area (Å²) in [5.74, 6) is -0.123. The molecule has 30 heavy (non-hydrogen) atoms. The van der Waals surface area contributed by atoms with E-state index in [4.69, 9.17) is 9.57 Å². The van der Waals surface area contributed by atoms with Gasteiger partial charge in [-0.3, -0.25) is 19.4 Å². The van der Waals surface area contributed by atoms with Crippen molar-refractivity contribution in [3.05, 3.63) is 73.5 Å². The highest BCUT2D eigenvalue weighted by atomic mass is 16.7. The number of pyridine rings is 1. The molecule has 158 valence electrons. The number of hydrogen-bond acceptors (Lipinski definition) is 5. The summed E-state index contributed by atoms with van der Waals surface area (Å²) < 4.78 is 5.70. The van der Waals surface area contributed by atoms with Crippen LogP contribution in [0.1, 0.15) is 23.2 Å². The van der Waals surface area contributed by atoms with Gasteiger partial charge in [0.15, 0.2) is 0 Å². The summed E-state index contributed by atoms with van der Waals surface area (Å²) in [5.41, 5.74) is 1.58. The zero-order valence-electron chi connectivity index (χ0n) is 17.3. The molecule has 1 heterocycles. The van der Waals surface area contributed by atoms with Crippen LogP contribution in [0.15, 0.2) is 67.9 Å². The number of nitrogens with zero attached hydrogens (tertiary/aromatic N) is 2. The van der Waals surface area contributed by atoms with E-state index >= 15 is 0 Å². The molecule has 1 atom stereocenters. The first kappa shape index (κ1) is 22.8. The average molecular weight is 409 g/mol. The third-order valence-electron chi connectivity index (χ3n) is 4.34. The molecule has 1 aromatic heterocycles. The van der Waals surface area contributed by atoms with Crippen LogP contribution < -0.4 is 10.1 Å². The van der Waals surface area contributed by atoms with Gasteiger partial charge >= 0.3 is 0 Å². The van der Waals surface area contributed by atoms with Gasteiger partial charge in [-0.05, 0) is 37.1 Å². The van der Waals surface area contributed by atoms with Gasteiger partial charge in [0.05, 0.1) is 25.0 Å². The third-order valence-corrected chi connectivity index (χ3v) is 4.34. The Morgan fingerprint density at radius 1 is 1.23 bits per heavy atom. The highest BCUT2D eigenvalue weighted by Gasteiger charge is 2.25. The van der Waals surface area contributed by atoms with Gasteiger partial charge in [0.25, 0.3) is 11.8 Å². The van der Waals surface area contributed by atoms with E-state index in [0.29, 0.717) is 23.6 Å². The van der Waals surface area contributed by atoms with Crippen LogP contribution in [-0.2, 0) is 9.63 Å². The molecule has 0 unspecified atom stereocenters. The Kier molecular flexibility index (Phi) is 8.77. The smallest absolute Gasteiger partial charge is 0.268 e. The Bertz CT molecular complexity index is 898. The number of benzene rings is 1. The van der Waals surface area contributed by atoms with Crippen molar-refractivity contribution in [1.82, 2.24) is 15.4 Å². The van der Waals surface area contributed by atoms with Crippen molar-refractivity contribution in [3.63, 3.8) is 0 Å². The van der Waals surface area contributed by atoms with Gasteiger partial charge in [0.1, 0.15) is 11.8 Å². The number of likely N-dealkylation sites (N-methyl/N-ethyl adjacent to an activating group) is 1. The Hall–Kier alpha value is -3.45. The zero-order valence-corrected chi connectivity index (χ0v) is 17.3.